The fourth-order valence-corrected chi connectivity index (χ4v) is 2.27. The van der Waals surface area contributed by atoms with Crippen molar-refractivity contribution in [2.45, 2.75) is 6.92 Å². The number of piperazine rings is 1. The van der Waals surface area contributed by atoms with Crippen molar-refractivity contribution in [3.05, 3.63) is 29.3 Å². The maximum Gasteiger partial charge on any atom is 0.101 e. The van der Waals surface area contributed by atoms with E-state index in [0.717, 1.165) is 56.1 Å². The van der Waals surface area contributed by atoms with Crippen LogP contribution in [-0.4, -0.2) is 44.2 Å². The summed E-state index contributed by atoms with van der Waals surface area (Å²) in [5.74, 6) is 0. The second-order valence-electron chi connectivity index (χ2n) is 4.63. The first kappa shape index (κ1) is 12.9. The van der Waals surface area contributed by atoms with Crippen molar-refractivity contribution in [1.82, 2.24) is 10.2 Å². The van der Waals surface area contributed by atoms with E-state index >= 15 is 0 Å². The second-order valence-corrected chi connectivity index (χ2v) is 4.63. The van der Waals surface area contributed by atoms with Crippen LogP contribution in [0.4, 0.5) is 5.69 Å². The Labute approximate surface area is 109 Å². The lowest BCUT2D eigenvalue weighted by Crippen LogP contribution is -2.45. The molecule has 0 amide bonds. The molecule has 1 aromatic rings. The molecule has 1 saturated heterocycles. The molecule has 0 spiro atoms. The molecule has 0 unspecified atom stereocenters. The van der Waals surface area contributed by atoms with Crippen LogP contribution in [0.2, 0.25) is 0 Å². The molecule has 0 aromatic heterocycles. The van der Waals surface area contributed by atoms with E-state index in [2.05, 4.69) is 21.6 Å². The summed E-state index contributed by atoms with van der Waals surface area (Å²) in [5, 5.41) is 15.8. The first-order valence-electron chi connectivity index (χ1n) is 6.48. The number of nitrogens with zero attached hydrogens (tertiary/aromatic N) is 2. The summed E-state index contributed by atoms with van der Waals surface area (Å²) >= 11 is 0. The SMILES string of the molecule is Cc1cccc(C#N)c1NCCN1CCNCC1. The van der Waals surface area contributed by atoms with E-state index in [0.29, 0.717) is 0 Å². The van der Waals surface area contributed by atoms with Crippen LogP contribution in [0.25, 0.3) is 0 Å². The molecule has 1 aromatic carbocycles. The van der Waals surface area contributed by atoms with Crippen molar-refractivity contribution in [3.8, 4) is 6.07 Å². The second kappa shape index (κ2) is 6.39. The van der Waals surface area contributed by atoms with Crippen molar-refractivity contribution in [1.29, 1.82) is 5.26 Å². The largest absolute Gasteiger partial charge is 0.382 e. The van der Waals surface area contributed by atoms with Gasteiger partial charge in [0.1, 0.15) is 6.07 Å². The van der Waals surface area contributed by atoms with Crippen LogP contribution < -0.4 is 10.6 Å². The zero-order valence-corrected chi connectivity index (χ0v) is 10.9. The summed E-state index contributed by atoms with van der Waals surface area (Å²) in [7, 11) is 0. The van der Waals surface area contributed by atoms with Gasteiger partial charge in [-0.15, -0.1) is 0 Å². The number of hydrogen-bond donors (Lipinski definition) is 2. The standard InChI is InChI=1S/C14H20N4/c1-12-3-2-4-13(11-15)14(12)17-7-10-18-8-5-16-6-9-18/h2-4,16-17H,5-10H2,1H3. The molecule has 4 heteroatoms. The van der Waals surface area contributed by atoms with Crippen molar-refractivity contribution in [2.24, 2.45) is 0 Å². The predicted molar refractivity (Wildman–Crippen MR) is 73.7 cm³/mol. The third-order valence-corrected chi connectivity index (χ3v) is 3.33. The van der Waals surface area contributed by atoms with Crippen molar-refractivity contribution >= 4 is 5.69 Å². The molecule has 1 aliphatic heterocycles. The number of aryl methyl sites for hydroxylation is 1. The number of hydrogen-bond acceptors (Lipinski definition) is 4. The number of anilines is 1. The first-order valence-corrected chi connectivity index (χ1v) is 6.48. The van der Waals surface area contributed by atoms with Crippen LogP contribution in [0.5, 0.6) is 0 Å². The maximum absolute atomic E-state index is 9.08. The van der Waals surface area contributed by atoms with E-state index in [1.807, 2.05) is 25.1 Å². The maximum atomic E-state index is 9.08. The molecule has 2 rings (SSSR count). The third-order valence-electron chi connectivity index (χ3n) is 3.33. The van der Waals surface area contributed by atoms with Gasteiger partial charge in [-0.3, -0.25) is 4.90 Å². The molecule has 4 nitrogen and oxygen atoms in total. The molecular weight excluding hydrogens is 224 g/mol. The summed E-state index contributed by atoms with van der Waals surface area (Å²) in [6.45, 7) is 8.33. The van der Waals surface area contributed by atoms with Crippen LogP contribution in [0.3, 0.4) is 0 Å². The molecule has 2 N–H and O–H groups in total. The Balaban J connectivity index is 1.88. The molecule has 1 heterocycles. The molecule has 0 atom stereocenters. The highest BCUT2D eigenvalue weighted by atomic mass is 15.2. The molecule has 0 radical (unpaired) electrons. The van der Waals surface area contributed by atoms with E-state index in [1.165, 1.54) is 0 Å². The van der Waals surface area contributed by atoms with Crippen LogP contribution in [0, 0.1) is 18.3 Å². The Bertz CT molecular complexity index is 430. The molecule has 0 saturated carbocycles. The molecule has 0 aliphatic carbocycles. The average Bonchev–Trinajstić information content (AvgIpc) is 2.41. The highest BCUT2D eigenvalue weighted by Crippen LogP contribution is 2.19. The summed E-state index contributed by atoms with van der Waals surface area (Å²) < 4.78 is 0. The highest BCUT2D eigenvalue weighted by Gasteiger charge is 2.09. The Morgan fingerprint density at radius 3 is 2.89 bits per heavy atom. The van der Waals surface area contributed by atoms with Gasteiger partial charge in [0.05, 0.1) is 11.3 Å². The van der Waals surface area contributed by atoms with Gasteiger partial charge in [-0.05, 0) is 18.6 Å². The van der Waals surface area contributed by atoms with Crippen LogP contribution >= 0.6 is 0 Å². The summed E-state index contributed by atoms with van der Waals surface area (Å²) in [6.07, 6.45) is 0. The van der Waals surface area contributed by atoms with Crippen molar-refractivity contribution in [3.63, 3.8) is 0 Å². The Hall–Kier alpha value is -1.57. The van der Waals surface area contributed by atoms with Crippen LogP contribution in [0.15, 0.2) is 18.2 Å². The minimum atomic E-state index is 0.732. The van der Waals surface area contributed by atoms with Gasteiger partial charge in [0.25, 0.3) is 0 Å². The Morgan fingerprint density at radius 1 is 1.39 bits per heavy atom. The average molecular weight is 244 g/mol. The third kappa shape index (κ3) is 3.22. The topological polar surface area (TPSA) is 51.1 Å². The Morgan fingerprint density at radius 2 is 2.17 bits per heavy atom. The molecule has 96 valence electrons. The minimum Gasteiger partial charge on any atom is -0.382 e. The van der Waals surface area contributed by atoms with E-state index in [1.54, 1.807) is 0 Å². The molecular formula is C14H20N4. The van der Waals surface area contributed by atoms with Gasteiger partial charge in [0.2, 0.25) is 0 Å². The van der Waals surface area contributed by atoms with Crippen molar-refractivity contribution < 1.29 is 0 Å². The van der Waals surface area contributed by atoms with Gasteiger partial charge in [0, 0.05) is 39.3 Å². The Kier molecular flexibility index (Phi) is 4.57. The van der Waals surface area contributed by atoms with Crippen LogP contribution in [-0.2, 0) is 0 Å². The van der Waals surface area contributed by atoms with Crippen LogP contribution in [0.1, 0.15) is 11.1 Å². The number of nitriles is 1. The summed E-state index contributed by atoms with van der Waals surface area (Å²) in [4.78, 5) is 2.44. The van der Waals surface area contributed by atoms with Gasteiger partial charge in [-0.1, -0.05) is 12.1 Å². The van der Waals surface area contributed by atoms with Gasteiger partial charge in [-0.2, -0.15) is 5.26 Å². The molecule has 1 fully saturated rings. The smallest absolute Gasteiger partial charge is 0.101 e. The van der Waals surface area contributed by atoms with Gasteiger partial charge in [0.15, 0.2) is 0 Å². The zero-order valence-electron chi connectivity index (χ0n) is 10.9. The number of rotatable bonds is 4. The fraction of sp³-hybridized carbons (Fsp3) is 0.500. The van der Waals surface area contributed by atoms with E-state index in [-0.39, 0.29) is 0 Å². The molecule has 18 heavy (non-hydrogen) atoms. The molecule has 1 aliphatic rings. The summed E-state index contributed by atoms with van der Waals surface area (Å²) in [6, 6.07) is 8.06. The zero-order chi connectivity index (χ0) is 12.8. The van der Waals surface area contributed by atoms with Gasteiger partial charge in [-0.25, -0.2) is 0 Å². The van der Waals surface area contributed by atoms with Gasteiger partial charge >= 0.3 is 0 Å². The van der Waals surface area contributed by atoms with E-state index in [9.17, 15) is 0 Å². The van der Waals surface area contributed by atoms with Gasteiger partial charge < -0.3 is 10.6 Å². The number of para-hydroxylation sites is 1. The monoisotopic (exact) mass is 244 g/mol. The minimum absolute atomic E-state index is 0.732. The molecule has 0 bridgehead atoms. The number of nitrogens with one attached hydrogen (secondary N) is 2. The fourth-order valence-electron chi connectivity index (χ4n) is 2.27. The lowest BCUT2D eigenvalue weighted by atomic mass is 10.1. The number of benzene rings is 1. The summed E-state index contributed by atoms with van der Waals surface area (Å²) in [5.41, 5.74) is 2.85. The van der Waals surface area contributed by atoms with E-state index in [4.69, 9.17) is 5.26 Å². The predicted octanol–water partition coefficient (Wildman–Crippen LogP) is 1.18. The highest BCUT2D eigenvalue weighted by molar-refractivity contribution is 5.62. The first-order chi connectivity index (χ1) is 8.81. The quantitative estimate of drug-likeness (QED) is 0.835. The van der Waals surface area contributed by atoms with E-state index < -0.39 is 0 Å². The van der Waals surface area contributed by atoms with Crippen molar-refractivity contribution in [2.75, 3.05) is 44.6 Å². The lowest BCUT2D eigenvalue weighted by molar-refractivity contribution is 0.249. The normalized spacial score (nSPS) is 16.2. The lowest BCUT2D eigenvalue weighted by Gasteiger charge is -2.27.